The van der Waals surface area contributed by atoms with E-state index in [-0.39, 0.29) is 22.2 Å². The summed E-state index contributed by atoms with van der Waals surface area (Å²) in [6, 6.07) is 10.2. The minimum Gasteiger partial charge on any atom is -0.376 e. The van der Waals surface area contributed by atoms with E-state index in [0.29, 0.717) is 5.69 Å². The van der Waals surface area contributed by atoms with E-state index in [1.54, 1.807) is 10.9 Å². The van der Waals surface area contributed by atoms with Crippen LogP contribution in [0, 0.1) is 17.8 Å². The number of hydrogen-bond acceptors (Lipinski definition) is 3. The first-order valence-corrected chi connectivity index (χ1v) is 10.5. The number of halogens is 1. The van der Waals surface area contributed by atoms with E-state index in [1.165, 1.54) is 19.3 Å². The van der Waals surface area contributed by atoms with Gasteiger partial charge in [0, 0.05) is 6.04 Å². The molecule has 0 aliphatic heterocycles. The first-order chi connectivity index (χ1) is 13.0. The largest absolute Gasteiger partial charge is 0.376 e. The second-order valence-electron chi connectivity index (χ2n) is 9.01. The molecule has 0 amide bonds. The molecule has 4 nitrogen and oxygen atoms in total. The Hall–Kier alpha value is -1.81. The Morgan fingerprint density at radius 2 is 1.70 bits per heavy atom. The molecule has 1 unspecified atom stereocenters. The average Bonchev–Trinajstić information content (AvgIpc) is 2.65. The van der Waals surface area contributed by atoms with Gasteiger partial charge in [-0.3, -0.25) is 4.79 Å². The Morgan fingerprint density at radius 3 is 2.30 bits per heavy atom. The van der Waals surface area contributed by atoms with Crippen LogP contribution in [0.2, 0.25) is 5.02 Å². The van der Waals surface area contributed by atoms with Gasteiger partial charge in [-0.05, 0) is 68.8 Å². The molecule has 5 heteroatoms. The van der Waals surface area contributed by atoms with Crippen molar-refractivity contribution in [2.24, 2.45) is 17.8 Å². The number of rotatable bonds is 4. The fourth-order valence-corrected chi connectivity index (χ4v) is 6.44. The maximum absolute atomic E-state index is 13.2. The van der Waals surface area contributed by atoms with Crippen molar-refractivity contribution >= 4 is 17.3 Å². The fraction of sp³-hybridized carbons (Fsp3) is 0.545. The molecule has 1 N–H and O–H groups in total. The molecule has 4 saturated carbocycles. The van der Waals surface area contributed by atoms with E-state index in [9.17, 15) is 4.79 Å². The monoisotopic (exact) mass is 383 g/mol. The van der Waals surface area contributed by atoms with Crippen molar-refractivity contribution in [3.05, 3.63) is 57.5 Å². The number of benzene rings is 1. The van der Waals surface area contributed by atoms with E-state index in [2.05, 4.69) is 29.5 Å². The van der Waals surface area contributed by atoms with E-state index < -0.39 is 0 Å². The lowest BCUT2D eigenvalue weighted by Gasteiger charge is -2.56. The Bertz CT molecular complexity index is 872. The molecule has 1 atom stereocenters. The zero-order chi connectivity index (χ0) is 18.6. The predicted octanol–water partition coefficient (Wildman–Crippen LogP) is 5.00. The standard InChI is InChI=1S/C22H26ClN3O/c1-14(18-5-3-2-4-6-18)25-19-13-24-26(21(27)20(19)23)22-10-15-7-16(11-22)9-17(8-15)12-22/h2-6,13-17,25H,7-12H2,1H3. The summed E-state index contributed by atoms with van der Waals surface area (Å²) in [6.07, 6.45) is 9.06. The van der Waals surface area contributed by atoms with Gasteiger partial charge in [-0.2, -0.15) is 5.10 Å². The highest BCUT2D eigenvalue weighted by Crippen LogP contribution is 2.58. The summed E-state index contributed by atoms with van der Waals surface area (Å²) in [5.41, 5.74) is 1.54. The molecule has 0 spiro atoms. The molecule has 0 saturated heterocycles. The van der Waals surface area contributed by atoms with E-state index in [4.69, 9.17) is 11.6 Å². The van der Waals surface area contributed by atoms with Gasteiger partial charge in [0.2, 0.25) is 0 Å². The number of hydrogen-bond donors (Lipinski definition) is 1. The van der Waals surface area contributed by atoms with Crippen molar-refractivity contribution in [3.8, 4) is 0 Å². The summed E-state index contributed by atoms with van der Waals surface area (Å²) in [6.45, 7) is 2.07. The lowest BCUT2D eigenvalue weighted by molar-refractivity contribution is -0.0518. The normalized spacial score (nSPS) is 32.4. The Labute approximate surface area is 164 Å². The summed E-state index contributed by atoms with van der Waals surface area (Å²) in [7, 11) is 0. The van der Waals surface area contributed by atoms with Gasteiger partial charge < -0.3 is 5.32 Å². The van der Waals surface area contributed by atoms with Crippen LogP contribution in [0.25, 0.3) is 0 Å². The first-order valence-electron chi connectivity index (χ1n) is 10.1. The van der Waals surface area contributed by atoms with E-state index in [1.807, 2.05) is 18.2 Å². The molecular formula is C22H26ClN3O. The van der Waals surface area contributed by atoms with Gasteiger partial charge in [0.1, 0.15) is 5.02 Å². The van der Waals surface area contributed by atoms with Crippen LogP contribution in [0.4, 0.5) is 5.69 Å². The first kappa shape index (κ1) is 17.3. The van der Waals surface area contributed by atoms with Gasteiger partial charge >= 0.3 is 0 Å². The molecule has 1 aromatic carbocycles. The molecule has 4 bridgehead atoms. The summed E-state index contributed by atoms with van der Waals surface area (Å²) in [4.78, 5) is 13.2. The smallest absolute Gasteiger partial charge is 0.288 e. The van der Waals surface area contributed by atoms with Crippen molar-refractivity contribution in [3.63, 3.8) is 0 Å². The molecule has 2 aromatic rings. The van der Waals surface area contributed by atoms with Crippen LogP contribution in [0.1, 0.15) is 57.1 Å². The SMILES string of the molecule is CC(Nc1cnn(C23CC4CC(CC(C4)C2)C3)c(=O)c1Cl)c1ccccc1. The highest BCUT2D eigenvalue weighted by atomic mass is 35.5. The predicted molar refractivity (Wildman–Crippen MR) is 108 cm³/mol. The summed E-state index contributed by atoms with van der Waals surface area (Å²) >= 11 is 6.53. The molecule has 0 radical (unpaired) electrons. The second kappa shape index (κ2) is 6.37. The molecule has 142 valence electrons. The van der Waals surface area contributed by atoms with Crippen LogP contribution >= 0.6 is 11.6 Å². The summed E-state index contributed by atoms with van der Waals surface area (Å²) in [5, 5.41) is 8.26. The third-order valence-corrected chi connectivity index (χ3v) is 7.41. The maximum Gasteiger partial charge on any atom is 0.288 e. The van der Waals surface area contributed by atoms with Gasteiger partial charge in [-0.15, -0.1) is 0 Å². The quantitative estimate of drug-likeness (QED) is 0.808. The zero-order valence-electron chi connectivity index (χ0n) is 15.7. The van der Waals surface area contributed by atoms with Gasteiger partial charge in [-0.25, -0.2) is 4.68 Å². The number of anilines is 1. The van der Waals surface area contributed by atoms with Crippen LogP contribution in [-0.4, -0.2) is 9.78 Å². The highest BCUT2D eigenvalue weighted by molar-refractivity contribution is 6.32. The topological polar surface area (TPSA) is 46.9 Å². The molecule has 4 aliphatic rings. The van der Waals surface area contributed by atoms with Crippen molar-refractivity contribution in [2.45, 2.75) is 57.0 Å². The third kappa shape index (κ3) is 2.89. The number of nitrogens with one attached hydrogen (secondary N) is 1. The van der Waals surface area contributed by atoms with Crippen molar-refractivity contribution in [1.82, 2.24) is 9.78 Å². The highest BCUT2D eigenvalue weighted by Gasteiger charge is 2.53. The Balaban J connectivity index is 1.45. The molecule has 4 fully saturated rings. The number of aromatic nitrogens is 2. The zero-order valence-corrected chi connectivity index (χ0v) is 16.5. The van der Waals surface area contributed by atoms with Crippen LogP contribution in [0.3, 0.4) is 0 Å². The minimum atomic E-state index is -0.135. The molecule has 1 heterocycles. The molecule has 1 aromatic heterocycles. The Morgan fingerprint density at radius 1 is 1.11 bits per heavy atom. The molecule has 4 aliphatic carbocycles. The average molecular weight is 384 g/mol. The van der Waals surface area contributed by atoms with Crippen molar-refractivity contribution in [2.75, 3.05) is 5.32 Å². The van der Waals surface area contributed by atoms with Crippen molar-refractivity contribution in [1.29, 1.82) is 0 Å². The van der Waals surface area contributed by atoms with Gasteiger partial charge in [-0.1, -0.05) is 41.9 Å². The number of nitrogens with zero attached hydrogens (tertiary/aromatic N) is 2. The Kier molecular flexibility index (Phi) is 4.08. The van der Waals surface area contributed by atoms with Gasteiger partial charge in [0.25, 0.3) is 5.56 Å². The third-order valence-electron chi connectivity index (χ3n) is 7.05. The summed E-state index contributed by atoms with van der Waals surface area (Å²) in [5.74, 6) is 2.29. The molecule has 27 heavy (non-hydrogen) atoms. The lowest BCUT2D eigenvalue weighted by Crippen LogP contribution is -2.55. The van der Waals surface area contributed by atoms with E-state index in [0.717, 1.165) is 42.6 Å². The van der Waals surface area contributed by atoms with Gasteiger partial charge in [0.15, 0.2) is 0 Å². The van der Waals surface area contributed by atoms with Crippen LogP contribution < -0.4 is 10.9 Å². The van der Waals surface area contributed by atoms with Crippen LogP contribution in [0.5, 0.6) is 0 Å². The van der Waals surface area contributed by atoms with Gasteiger partial charge in [0.05, 0.1) is 17.4 Å². The minimum absolute atomic E-state index is 0.0558. The van der Waals surface area contributed by atoms with E-state index >= 15 is 0 Å². The summed E-state index contributed by atoms with van der Waals surface area (Å²) < 4.78 is 1.75. The van der Waals surface area contributed by atoms with Crippen molar-refractivity contribution < 1.29 is 0 Å². The van der Waals surface area contributed by atoms with Crippen LogP contribution in [-0.2, 0) is 5.54 Å². The molecular weight excluding hydrogens is 358 g/mol. The fourth-order valence-electron chi connectivity index (χ4n) is 6.25. The maximum atomic E-state index is 13.2. The molecule has 6 rings (SSSR count). The van der Waals surface area contributed by atoms with Crippen LogP contribution in [0.15, 0.2) is 41.3 Å². The second-order valence-corrected chi connectivity index (χ2v) is 9.39. The lowest BCUT2D eigenvalue weighted by atomic mass is 9.53.